The van der Waals surface area contributed by atoms with E-state index in [1.165, 1.54) is 25.7 Å². The highest BCUT2D eigenvalue weighted by molar-refractivity contribution is 7.47. The molecule has 1 N–H and O–H groups in total. The highest BCUT2D eigenvalue weighted by Crippen LogP contribution is 2.43. The summed E-state index contributed by atoms with van der Waals surface area (Å²) in [5.41, 5.74) is 0. The molecule has 0 heterocycles. The van der Waals surface area contributed by atoms with Gasteiger partial charge in [-0.15, -0.1) is 0 Å². The van der Waals surface area contributed by atoms with Crippen LogP contribution >= 0.6 is 7.82 Å². The van der Waals surface area contributed by atoms with Gasteiger partial charge in [0.1, 0.15) is 6.61 Å². The molecule has 0 fully saturated rings. The quantitative estimate of drug-likeness (QED) is 0.0281. The van der Waals surface area contributed by atoms with E-state index in [1.54, 1.807) is 19.0 Å². The van der Waals surface area contributed by atoms with Crippen molar-refractivity contribution in [3.05, 3.63) is 122 Å². The number of ether oxygens (including phenoxy) is 2. The fraction of sp³-hybridized carbons (Fsp3) is 0.551. The average Bonchev–Trinajstić information content (AvgIpc) is 3.20. The standard InChI is InChI=1S/C49H78NO8P/c1-5-7-9-11-13-15-17-19-21-23-24-26-27-29-31-33-35-37-39-41-48(51)55-45-47(46-57-59(53,54)56-44-43-50(3)4)58-49(52)42-40-38-36-34-32-30-28-25-22-20-18-16-14-12-10-8-6-2/h8,10,13-16,19-22,24,26,28-31,34-37,47H,5-7,9,11-12,17-18,23,25,27,32-33,38-46H2,1-4H3,(H,53,54)/b10-8-,15-13-,16-14-,21-19-,22-20-,26-24-,30-28-,31-29-,36-34-,37-35-. The van der Waals surface area contributed by atoms with Crippen LogP contribution in [0.25, 0.3) is 0 Å². The lowest BCUT2D eigenvalue weighted by Gasteiger charge is -2.20. The molecule has 0 bridgehead atoms. The predicted octanol–water partition coefficient (Wildman–Crippen LogP) is 12.8. The highest BCUT2D eigenvalue weighted by atomic mass is 31.2. The van der Waals surface area contributed by atoms with Crippen molar-refractivity contribution in [3.63, 3.8) is 0 Å². The van der Waals surface area contributed by atoms with Crippen molar-refractivity contribution in [1.29, 1.82) is 0 Å². The molecule has 10 heteroatoms. The molecule has 0 aliphatic carbocycles. The molecule has 0 aliphatic rings. The Morgan fingerprint density at radius 2 is 0.983 bits per heavy atom. The zero-order valence-corrected chi connectivity index (χ0v) is 37.8. The fourth-order valence-electron chi connectivity index (χ4n) is 4.94. The number of likely N-dealkylation sites (N-methyl/N-ethyl adjacent to an activating group) is 1. The molecule has 0 spiro atoms. The molecule has 9 nitrogen and oxygen atoms in total. The summed E-state index contributed by atoms with van der Waals surface area (Å²) in [4.78, 5) is 37.0. The van der Waals surface area contributed by atoms with Crippen LogP contribution in [0.1, 0.15) is 129 Å². The second-order valence-corrected chi connectivity index (χ2v) is 15.6. The second-order valence-electron chi connectivity index (χ2n) is 14.1. The van der Waals surface area contributed by atoms with Crippen LogP contribution in [0.3, 0.4) is 0 Å². The van der Waals surface area contributed by atoms with Gasteiger partial charge in [-0.05, 0) is 104 Å². The molecule has 59 heavy (non-hydrogen) atoms. The molecule has 332 valence electrons. The Bertz CT molecular complexity index is 1390. The van der Waals surface area contributed by atoms with E-state index in [0.29, 0.717) is 25.8 Å². The number of unbranched alkanes of at least 4 members (excludes halogenated alkanes) is 4. The number of esters is 2. The smallest absolute Gasteiger partial charge is 0.462 e. The molecule has 0 amide bonds. The first-order valence-electron chi connectivity index (χ1n) is 21.8. The number of carbonyl (C=O) groups is 2. The molecule has 0 aromatic rings. The molecule has 0 saturated heterocycles. The summed E-state index contributed by atoms with van der Waals surface area (Å²) in [5, 5.41) is 0. The summed E-state index contributed by atoms with van der Waals surface area (Å²) in [6.07, 6.45) is 57.0. The third kappa shape index (κ3) is 43.8. The van der Waals surface area contributed by atoms with E-state index in [2.05, 4.69) is 117 Å². The zero-order valence-electron chi connectivity index (χ0n) is 36.9. The first-order valence-corrected chi connectivity index (χ1v) is 23.3. The van der Waals surface area contributed by atoms with Gasteiger partial charge in [0.25, 0.3) is 0 Å². The lowest BCUT2D eigenvalue weighted by atomic mass is 10.2. The number of rotatable bonds is 38. The van der Waals surface area contributed by atoms with E-state index >= 15 is 0 Å². The first kappa shape index (κ1) is 55.4. The van der Waals surface area contributed by atoms with E-state index in [4.69, 9.17) is 18.5 Å². The summed E-state index contributed by atoms with van der Waals surface area (Å²) >= 11 is 0. The number of allylic oxidation sites excluding steroid dienone is 20. The van der Waals surface area contributed by atoms with Crippen molar-refractivity contribution < 1.29 is 37.6 Å². The lowest BCUT2D eigenvalue weighted by Crippen LogP contribution is -2.29. The lowest BCUT2D eigenvalue weighted by molar-refractivity contribution is -0.161. The molecule has 2 atom stereocenters. The Morgan fingerprint density at radius 1 is 0.542 bits per heavy atom. The van der Waals surface area contributed by atoms with Crippen molar-refractivity contribution in [1.82, 2.24) is 4.90 Å². The third-order valence-corrected chi connectivity index (χ3v) is 9.25. The Kier molecular flexibility index (Phi) is 39.9. The Morgan fingerprint density at radius 3 is 1.44 bits per heavy atom. The number of hydrogen-bond acceptors (Lipinski definition) is 8. The van der Waals surface area contributed by atoms with Crippen LogP contribution in [0.2, 0.25) is 0 Å². The number of phosphoric acid groups is 1. The Balaban J connectivity index is 4.54. The predicted molar refractivity (Wildman–Crippen MR) is 247 cm³/mol. The van der Waals surface area contributed by atoms with Gasteiger partial charge in [-0.2, -0.15) is 0 Å². The van der Waals surface area contributed by atoms with E-state index < -0.39 is 32.5 Å². The van der Waals surface area contributed by atoms with Gasteiger partial charge >= 0.3 is 19.8 Å². The molecule has 0 radical (unpaired) electrons. The summed E-state index contributed by atoms with van der Waals surface area (Å²) in [5.74, 6) is -0.982. The third-order valence-electron chi connectivity index (χ3n) is 8.27. The largest absolute Gasteiger partial charge is 0.472 e. The minimum absolute atomic E-state index is 0.0219. The van der Waals surface area contributed by atoms with Gasteiger partial charge in [0.15, 0.2) is 6.10 Å². The highest BCUT2D eigenvalue weighted by Gasteiger charge is 2.26. The number of phosphoric ester groups is 1. The molecular formula is C49H78NO8P. The average molecular weight is 840 g/mol. The molecular weight excluding hydrogens is 762 g/mol. The van der Waals surface area contributed by atoms with Crippen molar-refractivity contribution in [2.24, 2.45) is 0 Å². The summed E-state index contributed by atoms with van der Waals surface area (Å²) < 4.78 is 33.3. The van der Waals surface area contributed by atoms with E-state index in [-0.39, 0.29) is 26.1 Å². The monoisotopic (exact) mass is 840 g/mol. The molecule has 0 aliphatic heterocycles. The SMILES string of the molecule is CC/C=C\C/C=C\C/C=C\C/C=C\C/C=C\CCCC(=O)OC(COC(=O)CC/C=C\C/C=C\C/C=C\C/C=C\C/C=C\CCCCC)COP(=O)(O)OCCN(C)C. The number of carbonyl (C=O) groups excluding carboxylic acids is 2. The van der Waals surface area contributed by atoms with Gasteiger partial charge in [0, 0.05) is 19.4 Å². The number of nitrogens with zero attached hydrogens (tertiary/aromatic N) is 1. The van der Waals surface area contributed by atoms with Crippen LogP contribution in [-0.2, 0) is 32.7 Å². The Labute approximate surface area is 358 Å². The van der Waals surface area contributed by atoms with Crippen molar-refractivity contribution in [2.75, 3.05) is 40.5 Å². The molecule has 0 saturated carbocycles. The van der Waals surface area contributed by atoms with Gasteiger partial charge in [-0.1, -0.05) is 148 Å². The minimum atomic E-state index is -4.40. The maximum atomic E-state index is 12.6. The topological polar surface area (TPSA) is 112 Å². The zero-order chi connectivity index (χ0) is 43.3. The van der Waals surface area contributed by atoms with Crippen molar-refractivity contribution >= 4 is 19.8 Å². The van der Waals surface area contributed by atoms with Gasteiger partial charge in [0.2, 0.25) is 0 Å². The van der Waals surface area contributed by atoms with E-state index in [9.17, 15) is 19.0 Å². The van der Waals surface area contributed by atoms with Crippen LogP contribution in [0.4, 0.5) is 0 Å². The maximum absolute atomic E-state index is 12.6. The summed E-state index contributed by atoms with van der Waals surface area (Å²) in [6, 6.07) is 0. The normalized spacial score (nSPS) is 14.5. The van der Waals surface area contributed by atoms with Crippen LogP contribution in [0.5, 0.6) is 0 Å². The minimum Gasteiger partial charge on any atom is -0.462 e. The first-order chi connectivity index (χ1) is 28.7. The number of hydrogen-bond donors (Lipinski definition) is 1. The summed E-state index contributed by atoms with van der Waals surface area (Å²) in [6.45, 7) is 3.99. The van der Waals surface area contributed by atoms with Crippen LogP contribution in [0, 0.1) is 0 Å². The molecule has 0 rings (SSSR count). The molecule has 0 aromatic heterocycles. The Hall–Kier alpha value is -3.59. The van der Waals surface area contributed by atoms with Crippen LogP contribution in [0.15, 0.2) is 122 Å². The van der Waals surface area contributed by atoms with Gasteiger partial charge in [-0.25, -0.2) is 4.57 Å². The van der Waals surface area contributed by atoms with Gasteiger partial charge in [-0.3, -0.25) is 18.6 Å². The summed E-state index contributed by atoms with van der Waals surface area (Å²) in [7, 11) is -0.790. The van der Waals surface area contributed by atoms with Crippen LogP contribution < -0.4 is 0 Å². The fourth-order valence-corrected chi connectivity index (χ4v) is 5.68. The van der Waals surface area contributed by atoms with E-state index in [1.807, 2.05) is 18.2 Å². The molecule has 2 unspecified atom stereocenters. The van der Waals surface area contributed by atoms with E-state index in [0.717, 1.165) is 57.8 Å². The molecule has 0 aromatic carbocycles. The van der Waals surface area contributed by atoms with Crippen molar-refractivity contribution in [3.8, 4) is 0 Å². The maximum Gasteiger partial charge on any atom is 0.472 e. The van der Waals surface area contributed by atoms with Crippen LogP contribution in [-0.4, -0.2) is 68.3 Å². The van der Waals surface area contributed by atoms with Gasteiger partial charge < -0.3 is 19.3 Å². The second kappa shape index (κ2) is 42.5. The van der Waals surface area contributed by atoms with Gasteiger partial charge in [0.05, 0.1) is 13.2 Å². The van der Waals surface area contributed by atoms with Crippen molar-refractivity contribution in [2.45, 2.75) is 136 Å².